The number of nitrogens with one attached hydrogen (secondary N) is 3. The largest absolute Gasteiger partial charge is 0.308 e. The highest BCUT2D eigenvalue weighted by atomic mass is 32.1. The molecular weight excluding hydrogens is 298 g/mol. The molecule has 114 valence electrons. The van der Waals surface area contributed by atoms with Gasteiger partial charge in [0.25, 0.3) is 5.56 Å². The fourth-order valence-corrected chi connectivity index (χ4v) is 4.09. The van der Waals surface area contributed by atoms with E-state index in [1.165, 1.54) is 11.3 Å². The van der Waals surface area contributed by atoms with Crippen LogP contribution in [0.15, 0.2) is 17.1 Å². The molecule has 0 spiro atoms. The number of H-pyrrole nitrogens is 2. The summed E-state index contributed by atoms with van der Waals surface area (Å²) < 4.78 is 0.668. The molecule has 6 nitrogen and oxygen atoms in total. The van der Waals surface area contributed by atoms with E-state index in [9.17, 15) is 4.79 Å². The number of aromatic amines is 2. The van der Waals surface area contributed by atoms with Gasteiger partial charge in [0.1, 0.15) is 10.5 Å². The van der Waals surface area contributed by atoms with Crippen molar-refractivity contribution in [1.29, 1.82) is 0 Å². The van der Waals surface area contributed by atoms with Crippen molar-refractivity contribution < 1.29 is 0 Å². The van der Waals surface area contributed by atoms with Gasteiger partial charge in [-0.1, -0.05) is 0 Å². The molecule has 0 aliphatic carbocycles. The summed E-state index contributed by atoms with van der Waals surface area (Å²) in [6.07, 6.45) is 3.87. The van der Waals surface area contributed by atoms with E-state index < -0.39 is 0 Å². The van der Waals surface area contributed by atoms with Crippen LogP contribution in [0.2, 0.25) is 0 Å². The normalized spacial score (nSPS) is 21.7. The van der Waals surface area contributed by atoms with Crippen LogP contribution in [0.5, 0.6) is 0 Å². The molecule has 1 aliphatic rings. The first-order valence-corrected chi connectivity index (χ1v) is 8.18. The number of thiophene rings is 1. The second-order valence-corrected chi connectivity index (χ2v) is 7.06. The summed E-state index contributed by atoms with van der Waals surface area (Å²) in [5.74, 6) is 0.732. The van der Waals surface area contributed by atoms with E-state index in [0.717, 1.165) is 46.9 Å². The Bertz CT molecular complexity index is 900. The molecule has 4 rings (SSSR count). The van der Waals surface area contributed by atoms with Gasteiger partial charge >= 0.3 is 0 Å². The second kappa shape index (κ2) is 4.76. The summed E-state index contributed by atoms with van der Waals surface area (Å²) in [7, 11) is 0. The van der Waals surface area contributed by atoms with E-state index >= 15 is 0 Å². The quantitative estimate of drug-likeness (QED) is 0.677. The molecule has 3 aromatic rings. The predicted molar refractivity (Wildman–Crippen MR) is 87.1 cm³/mol. The van der Waals surface area contributed by atoms with E-state index in [1.54, 1.807) is 6.20 Å². The van der Waals surface area contributed by atoms with Crippen LogP contribution in [-0.4, -0.2) is 26.7 Å². The van der Waals surface area contributed by atoms with E-state index in [4.69, 9.17) is 4.98 Å². The van der Waals surface area contributed by atoms with Gasteiger partial charge in [0.15, 0.2) is 0 Å². The summed E-state index contributed by atoms with van der Waals surface area (Å²) in [6, 6.07) is 1.98. The Hall–Kier alpha value is -1.99. The maximum absolute atomic E-state index is 12.4. The lowest BCUT2D eigenvalue weighted by Crippen LogP contribution is -2.36. The maximum atomic E-state index is 12.4. The first kappa shape index (κ1) is 13.7. The van der Waals surface area contributed by atoms with Crippen LogP contribution in [-0.2, 0) is 5.54 Å². The van der Waals surface area contributed by atoms with Crippen molar-refractivity contribution in [2.75, 3.05) is 6.54 Å². The Balaban J connectivity index is 1.88. The van der Waals surface area contributed by atoms with E-state index in [0.29, 0.717) is 4.70 Å². The fraction of sp³-hybridized carbons (Fsp3) is 0.400. The van der Waals surface area contributed by atoms with Crippen molar-refractivity contribution in [1.82, 2.24) is 25.5 Å². The van der Waals surface area contributed by atoms with Crippen molar-refractivity contribution in [2.45, 2.75) is 32.2 Å². The molecule has 1 aliphatic heterocycles. The van der Waals surface area contributed by atoms with Gasteiger partial charge in [-0.3, -0.25) is 9.89 Å². The zero-order valence-corrected chi connectivity index (χ0v) is 13.3. The number of aryl methyl sites for hydroxylation is 1. The average Bonchev–Trinajstić information content (AvgIpc) is 3.18. The zero-order valence-electron chi connectivity index (χ0n) is 12.5. The van der Waals surface area contributed by atoms with Gasteiger partial charge in [-0.05, 0) is 39.3 Å². The van der Waals surface area contributed by atoms with Crippen LogP contribution in [0.25, 0.3) is 20.7 Å². The average molecular weight is 315 g/mol. The van der Waals surface area contributed by atoms with Gasteiger partial charge in [-0.2, -0.15) is 5.10 Å². The van der Waals surface area contributed by atoms with Crippen LogP contribution in [0, 0.1) is 6.92 Å². The van der Waals surface area contributed by atoms with Gasteiger partial charge < -0.3 is 10.3 Å². The van der Waals surface area contributed by atoms with Crippen LogP contribution < -0.4 is 10.9 Å². The summed E-state index contributed by atoms with van der Waals surface area (Å²) in [6.45, 7) is 5.03. The minimum absolute atomic E-state index is 0.0627. The minimum atomic E-state index is -0.235. The number of hydrogen-bond donors (Lipinski definition) is 3. The molecule has 0 bridgehead atoms. The standard InChI is InChI=1S/C15H17N5OS/c1-8-9(7-17-20-8)11-6-10-12(22-11)13(21)19-14(18-10)15(2)4-3-5-16-15/h6-7,16H,3-5H2,1-2H3,(H,17,20)(H,18,19,21)/t15-/m1/s1. The molecule has 4 heterocycles. The van der Waals surface area contributed by atoms with Crippen LogP contribution in [0.4, 0.5) is 0 Å². The topological polar surface area (TPSA) is 86.5 Å². The Morgan fingerprint density at radius 1 is 1.41 bits per heavy atom. The highest BCUT2D eigenvalue weighted by molar-refractivity contribution is 7.22. The lowest BCUT2D eigenvalue weighted by atomic mass is 9.99. The fourth-order valence-electron chi connectivity index (χ4n) is 3.03. The van der Waals surface area contributed by atoms with Gasteiger partial charge in [0.2, 0.25) is 0 Å². The lowest BCUT2D eigenvalue weighted by Gasteiger charge is -2.22. The van der Waals surface area contributed by atoms with E-state index in [1.807, 2.05) is 13.0 Å². The van der Waals surface area contributed by atoms with Crippen molar-refractivity contribution in [3.05, 3.63) is 34.1 Å². The minimum Gasteiger partial charge on any atom is -0.308 e. The SMILES string of the molecule is Cc1[nH]ncc1-c1cc2nc([C@@]3(C)CCCN3)[nH]c(=O)c2s1. The molecule has 1 atom stereocenters. The molecule has 22 heavy (non-hydrogen) atoms. The second-order valence-electron chi connectivity index (χ2n) is 6.01. The van der Waals surface area contributed by atoms with Crippen LogP contribution in [0.1, 0.15) is 31.3 Å². The summed E-state index contributed by atoms with van der Waals surface area (Å²) in [5.41, 5.74) is 2.48. The number of rotatable bonds is 2. The van der Waals surface area contributed by atoms with Crippen molar-refractivity contribution in [3.8, 4) is 10.4 Å². The smallest absolute Gasteiger partial charge is 0.268 e. The van der Waals surface area contributed by atoms with Gasteiger partial charge in [-0.25, -0.2) is 4.98 Å². The number of nitrogens with zero attached hydrogens (tertiary/aromatic N) is 2. The van der Waals surface area contributed by atoms with Crippen molar-refractivity contribution in [2.24, 2.45) is 0 Å². The molecular formula is C15H17N5OS. The Morgan fingerprint density at radius 3 is 2.95 bits per heavy atom. The third kappa shape index (κ3) is 2.00. The first-order chi connectivity index (χ1) is 10.6. The summed E-state index contributed by atoms with van der Waals surface area (Å²) in [5, 5.41) is 10.4. The summed E-state index contributed by atoms with van der Waals surface area (Å²) in [4.78, 5) is 21.1. The summed E-state index contributed by atoms with van der Waals surface area (Å²) >= 11 is 1.46. The van der Waals surface area contributed by atoms with Crippen molar-refractivity contribution in [3.63, 3.8) is 0 Å². The first-order valence-electron chi connectivity index (χ1n) is 7.36. The molecule has 0 aromatic carbocycles. The highest BCUT2D eigenvalue weighted by Gasteiger charge is 2.33. The Labute approximate surface area is 131 Å². The lowest BCUT2D eigenvalue weighted by molar-refractivity contribution is 0.407. The zero-order chi connectivity index (χ0) is 15.3. The van der Waals surface area contributed by atoms with Crippen LogP contribution in [0.3, 0.4) is 0 Å². The highest BCUT2D eigenvalue weighted by Crippen LogP contribution is 2.33. The van der Waals surface area contributed by atoms with Crippen molar-refractivity contribution >= 4 is 21.6 Å². The molecule has 1 saturated heterocycles. The van der Waals surface area contributed by atoms with Crippen LogP contribution >= 0.6 is 11.3 Å². The number of fused-ring (bicyclic) bond motifs is 1. The Morgan fingerprint density at radius 2 is 2.27 bits per heavy atom. The molecule has 0 saturated carbocycles. The van der Waals surface area contributed by atoms with Gasteiger partial charge in [-0.15, -0.1) is 11.3 Å². The molecule has 0 radical (unpaired) electrons. The van der Waals surface area contributed by atoms with E-state index in [2.05, 4.69) is 27.4 Å². The number of hydrogen-bond acceptors (Lipinski definition) is 5. The molecule has 1 fully saturated rings. The molecule has 0 amide bonds. The monoisotopic (exact) mass is 315 g/mol. The maximum Gasteiger partial charge on any atom is 0.268 e. The molecule has 7 heteroatoms. The Kier molecular flexibility index (Phi) is 2.95. The van der Waals surface area contributed by atoms with Gasteiger partial charge in [0.05, 0.1) is 17.3 Å². The van der Waals surface area contributed by atoms with E-state index in [-0.39, 0.29) is 11.1 Å². The predicted octanol–water partition coefficient (Wildman–Crippen LogP) is 2.28. The van der Waals surface area contributed by atoms with Gasteiger partial charge in [0, 0.05) is 16.1 Å². The third-order valence-electron chi connectivity index (χ3n) is 4.37. The molecule has 3 N–H and O–H groups in total. The number of aromatic nitrogens is 4. The molecule has 3 aromatic heterocycles. The third-order valence-corrected chi connectivity index (χ3v) is 5.53. The molecule has 0 unspecified atom stereocenters.